The first-order valence-corrected chi connectivity index (χ1v) is 12.6. The molecular formula is C31H26N2O5. The summed E-state index contributed by atoms with van der Waals surface area (Å²) in [5.74, 6) is -2.58. The Morgan fingerprint density at radius 1 is 0.868 bits per heavy atom. The van der Waals surface area contributed by atoms with Gasteiger partial charge in [0.15, 0.2) is 5.78 Å². The molecule has 4 atom stereocenters. The third-order valence-electron chi connectivity index (χ3n) is 7.72. The lowest BCUT2D eigenvalue weighted by atomic mass is 9.83. The number of Topliss-reactive ketones (excluding diaryl/α,β-unsaturated/α-hetero) is 1. The molecule has 6 rings (SSSR count). The molecule has 0 spiro atoms. The second-order valence-electron chi connectivity index (χ2n) is 10.1. The Morgan fingerprint density at radius 3 is 2.29 bits per heavy atom. The van der Waals surface area contributed by atoms with Gasteiger partial charge in [-0.3, -0.25) is 19.2 Å². The third-order valence-corrected chi connectivity index (χ3v) is 7.72. The Morgan fingerprint density at radius 2 is 1.58 bits per heavy atom. The van der Waals surface area contributed by atoms with E-state index in [2.05, 4.69) is 0 Å². The van der Waals surface area contributed by atoms with Gasteiger partial charge in [0.2, 0.25) is 11.8 Å². The number of hydrogen-bond donors (Lipinski definition) is 0. The Balaban J connectivity index is 1.45. The first-order chi connectivity index (χ1) is 18.3. The van der Waals surface area contributed by atoms with Crippen LogP contribution in [0.1, 0.15) is 45.6 Å². The van der Waals surface area contributed by atoms with Gasteiger partial charge in [-0.1, -0.05) is 42.0 Å². The number of amides is 2. The smallest absolute Gasteiger partial charge is 0.308 e. The maximum Gasteiger partial charge on any atom is 0.308 e. The minimum Gasteiger partial charge on any atom is -0.427 e. The van der Waals surface area contributed by atoms with E-state index in [9.17, 15) is 19.2 Å². The number of imide groups is 1. The number of aryl methyl sites for hydroxylation is 2. The number of carbonyl (C=O) groups is 4. The minimum absolute atomic E-state index is 0.260. The molecule has 0 aromatic heterocycles. The van der Waals surface area contributed by atoms with Crippen LogP contribution in [-0.4, -0.2) is 34.5 Å². The molecule has 0 aliphatic carbocycles. The number of nitrogens with zero attached hydrogens (tertiary/aromatic N) is 2. The Kier molecular flexibility index (Phi) is 5.52. The number of esters is 1. The Labute approximate surface area is 220 Å². The third kappa shape index (κ3) is 3.57. The van der Waals surface area contributed by atoms with E-state index >= 15 is 0 Å². The lowest BCUT2D eigenvalue weighted by Gasteiger charge is -2.35. The topological polar surface area (TPSA) is 84.0 Å². The van der Waals surface area contributed by atoms with E-state index in [0.717, 1.165) is 22.3 Å². The molecule has 2 saturated heterocycles. The number of ketones is 1. The van der Waals surface area contributed by atoms with Gasteiger partial charge in [0.05, 0.1) is 23.6 Å². The summed E-state index contributed by atoms with van der Waals surface area (Å²) >= 11 is 0. The zero-order chi connectivity index (χ0) is 26.7. The van der Waals surface area contributed by atoms with Gasteiger partial charge in [0, 0.05) is 18.7 Å². The molecule has 3 aromatic rings. The fourth-order valence-electron chi connectivity index (χ4n) is 6.17. The lowest BCUT2D eigenvalue weighted by molar-refractivity contribution is -0.132. The van der Waals surface area contributed by atoms with E-state index in [4.69, 9.17) is 4.74 Å². The Hall–Kier alpha value is -4.52. The van der Waals surface area contributed by atoms with Gasteiger partial charge in [0.1, 0.15) is 11.8 Å². The number of rotatable bonds is 4. The highest BCUT2D eigenvalue weighted by molar-refractivity contribution is 6.25. The average Bonchev–Trinajstić information content (AvgIpc) is 3.36. The van der Waals surface area contributed by atoms with Crippen LogP contribution >= 0.6 is 0 Å². The van der Waals surface area contributed by atoms with Crippen LogP contribution in [-0.2, 0) is 14.4 Å². The van der Waals surface area contributed by atoms with Crippen molar-refractivity contribution in [3.8, 4) is 5.75 Å². The molecule has 2 amide bonds. The van der Waals surface area contributed by atoms with Gasteiger partial charge < -0.3 is 9.64 Å². The molecule has 3 heterocycles. The standard InChI is InChI=1S/C31H26N2O5/c1-17-8-13-24(18(2)16-17)33-30(36)25-26(31(33)37)28(29(35)21-9-11-22(12-10-21)38-19(3)34)32-15-14-20-6-4-5-7-23(20)27(25)32/h4-16,25-28H,1-3H3. The molecule has 7 nitrogen and oxygen atoms in total. The van der Waals surface area contributed by atoms with Crippen molar-refractivity contribution in [3.63, 3.8) is 0 Å². The van der Waals surface area contributed by atoms with Gasteiger partial charge in [-0.2, -0.15) is 0 Å². The summed E-state index contributed by atoms with van der Waals surface area (Å²) in [6, 6.07) is 18.4. The molecule has 0 N–H and O–H groups in total. The van der Waals surface area contributed by atoms with E-state index in [1.807, 2.05) is 67.4 Å². The highest BCUT2D eigenvalue weighted by Crippen LogP contribution is 2.54. The van der Waals surface area contributed by atoms with E-state index in [-0.39, 0.29) is 17.6 Å². The molecule has 0 bridgehead atoms. The number of hydrogen-bond acceptors (Lipinski definition) is 6. The van der Waals surface area contributed by atoms with Crippen LogP contribution in [0.2, 0.25) is 0 Å². The van der Waals surface area contributed by atoms with Gasteiger partial charge >= 0.3 is 5.97 Å². The molecular weight excluding hydrogens is 480 g/mol. The molecule has 4 unspecified atom stereocenters. The summed E-state index contributed by atoms with van der Waals surface area (Å²) in [6.07, 6.45) is 3.76. The average molecular weight is 507 g/mol. The summed E-state index contributed by atoms with van der Waals surface area (Å²) < 4.78 is 5.11. The van der Waals surface area contributed by atoms with Gasteiger partial charge in [-0.15, -0.1) is 0 Å². The highest BCUT2D eigenvalue weighted by Gasteiger charge is 2.64. The van der Waals surface area contributed by atoms with Crippen molar-refractivity contribution >= 4 is 35.3 Å². The van der Waals surface area contributed by atoms with E-state index < -0.39 is 29.9 Å². The zero-order valence-electron chi connectivity index (χ0n) is 21.3. The second kappa shape index (κ2) is 8.80. The van der Waals surface area contributed by atoms with Crippen LogP contribution in [0.5, 0.6) is 5.75 Å². The largest absolute Gasteiger partial charge is 0.427 e. The van der Waals surface area contributed by atoms with Gasteiger partial charge in [-0.25, -0.2) is 4.90 Å². The number of anilines is 1. The van der Waals surface area contributed by atoms with Crippen LogP contribution in [0.25, 0.3) is 6.08 Å². The maximum absolute atomic E-state index is 14.1. The molecule has 0 radical (unpaired) electrons. The Bertz CT molecular complexity index is 1540. The number of ether oxygens (including phenoxy) is 1. The van der Waals surface area contributed by atoms with Crippen molar-refractivity contribution in [2.75, 3.05) is 4.90 Å². The molecule has 7 heteroatoms. The van der Waals surface area contributed by atoms with E-state index in [0.29, 0.717) is 17.0 Å². The van der Waals surface area contributed by atoms with Gasteiger partial charge in [0.25, 0.3) is 0 Å². The van der Waals surface area contributed by atoms with Crippen LogP contribution < -0.4 is 9.64 Å². The summed E-state index contributed by atoms with van der Waals surface area (Å²) in [7, 11) is 0. The minimum atomic E-state index is -0.860. The first-order valence-electron chi connectivity index (χ1n) is 12.6. The van der Waals surface area contributed by atoms with Crippen LogP contribution in [0.15, 0.2) is 72.9 Å². The monoisotopic (exact) mass is 506 g/mol. The number of carbonyl (C=O) groups excluding carboxylic acids is 4. The summed E-state index contributed by atoms with van der Waals surface area (Å²) in [4.78, 5) is 56.6. The highest BCUT2D eigenvalue weighted by atomic mass is 16.5. The van der Waals surface area contributed by atoms with Crippen LogP contribution in [0.4, 0.5) is 5.69 Å². The number of fused-ring (bicyclic) bond motifs is 5. The van der Waals surface area contributed by atoms with Crippen molar-refractivity contribution in [1.82, 2.24) is 4.90 Å². The summed E-state index contributed by atoms with van der Waals surface area (Å²) in [5.41, 5.74) is 4.70. The van der Waals surface area contributed by atoms with Crippen molar-refractivity contribution in [3.05, 3.63) is 101 Å². The predicted molar refractivity (Wildman–Crippen MR) is 141 cm³/mol. The quantitative estimate of drug-likeness (QED) is 0.222. The van der Waals surface area contributed by atoms with Crippen LogP contribution in [0, 0.1) is 25.7 Å². The van der Waals surface area contributed by atoms with Crippen molar-refractivity contribution < 1.29 is 23.9 Å². The summed E-state index contributed by atoms with van der Waals surface area (Å²) in [5, 5.41) is 0. The molecule has 3 aromatic carbocycles. The lowest BCUT2D eigenvalue weighted by Crippen LogP contribution is -2.44. The first kappa shape index (κ1) is 23.9. The fraction of sp³-hybridized carbons (Fsp3) is 0.226. The molecule has 3 aliphatic heterocycles. The molecule has 2 fully saturated rings. The van der Waals surface area contributed by atoms with Crippen molar-refractivity contribution in [2.45, 2.75) is 32.9 Å². The molecule has 38 heavy (non-hydrogen) atoms. The van der Waals surface area contributed by atoms with Crippen LogP contribution in [0.3, 0.4) is 0 Å². The molecule has 190 valence electrons. The summed E-state index contributed by atoms with van der Waals surface area (Å²) in [6.45, 7) is 5.15. The zero-order valence-corrected chi connectivity index (χ0v) is 21.3. The van der Waals surface area contributed by atoms with E-state index in [1.54, 1.807) is 30.3 Å². The fourth-order valence-corrected chi connectivity index (χ4v) is 6.17. The van der Waals surface area contributed by atoms with Crippen molar-refractivity contribution in [1.29, 1.82) is 0 Å². The van der Waals surface area contributed by atoms with Crippen molar-refractivity contribution in [2.24, 2.45) is 11.8 Å². The second-order valence-corrected chi connectivity index (χ2v) is 10.1. The molecule has 0 saturated carbocycles. The van der Waals surface area contributed by atoms with E-state index in [1.165, 1.54) is 11.8 Å². The molecule has 3 aliphatic rings. The predicted octanol–water partition coefficient (Wildman–Crippen LogP) is 4.63. The normalized spacial score (nSPS) is 23.2. The SMILES string of the molecule is CC(=O)Oc1ccc(C(=O)C2C3C(=O)N(c4ccc(C)cc4C)C(=O)C3C3c4ccccc4C=CN23)cc1. The maximum atomic E-state index is 14.1. The van der Waals surface area contributed by atoms with Gasteiger partial charge in [-0.05, 0) is 66.9 Å². The number of benzene rings is 3.